The van der Waals surface area contributed by atoms with Gasteiger partial charge in [-0.2, -0.15) is 0 Å². The Hall–Kier alpha value is -2.69. The summed E-state index contributed by atoms with van der Waals surface area (Å²) in [5.41, 5.74) is 1.96. The van der Waals surface area contributed by atoms with Gasteiger partial charge in [0.2, 0.25) is 0 Å². The first kappa shape index (κ1) is 16.5. The van der Waals surface area contributed by atoms with Gasteiger partial charge in [0, 0.05) is 43.1 Å². The number of nitrogens with zero attached hydrogens (tertiary/aromatic N) is 4. The Morgan fingerprint density at radius 2 is 2.00 bits per heavy atom. The maximum Gasteiger partial charge on any atom is 0.274 e. The van der Waals surface area contributed by atoms with E-state index in [1.54, 1.807) is 6.33 Å². The molecule has 2 fully saturated rings. The third-order valence-electron chi connectivity index (χ3n) is 6.27. The number of imidazole rings is 1. The second-order valence-electron chi connectivity index (χ2n) is 8.08. The first-order valence-electron chi connectivity index (χ1n) is 9.81. The van der Waals surface area contributed by atoms with Crippen LogP contribution >= 0.6 is 0 Å². The molecule has 4 heterocycles. The lowest BCUT2D eigenvalue weighted by atomic mass is 9.84. The second kappa shape index (κ2) is 6.48. The highest BCUT2D eigenvalue weighted by Gasteiger charge is 2.43. The molecule has 2 atom stereocenters. The van der Waals surface area contributed by atoms with Gasteiger partial charge in [0.1, 0.15) is 5.69 Å². The fourth-order valence-electron chi connectivity index (χ4n) is 5.11. The van der Waals surface area contributed by atoms with Crippen LogP contribution in [0.15, 0.2) is 49.2 Å². The molecule has 0 saturated carbocycles. The summed E-state index contributed by atoms with van der Waals surface area (Å²) in [5, 5.41) is 2.52. The van der Waals surface area contributed by atoms with Crippen molar-refractivity contribution in [3.05, 3.63) is 60.4 Å². The summed E-state index contributed by atoms with van der Waals surface area (Å²) < 4.78 is 1.84. The van der Waals surface area contributed by atoms with Crippen molar-refractivity contribution < 1.29 is 4.79 Å². The molecule has 1 aromatic carbocycles. The predicted molar refractivity (Wildman–Crippen MR) is 104 cm³/mol. The molecule has 2 unspecified atom stereocenters. The fourth-order valence-corrected chi connectivity index (χ4v) is 5.11. The van der Waals surface area contributed by atoms with Crippen LogP contribution in [0.4, 0.5) is 0 Å². The van der Waals surface area contributed by atoms with Crippen molar-refractivity contribution >= 4 is 16.7 Å². The Balaban J connectivity index is 1.35. The molecule has 0 N–H and O–H groups in total. The number of aryl methyl sites for hydroxylation is 1. The highest BCUT2D eigenvalue weighted by molar-refractivity contribution is 5.93. The van der Waals surface area contributed by atoms with Gasteiger partial charge in [-0.1, -0.05) is 18.2 Å². The van der Waals surface area contributed by atoms with E-state index < -0.39 is 0 Å². The Morgan fingerprint density at radius 1 is 1.19 bits per heavy atom. The Morgan fingerprint density at radius 3 is 2.74 bits per heavy atom. The van der Waals surface area contributed by atoms with Crippen LogP contribution in [-0.4, -0.2) is 37.4 Å². The Kier molecular flexibility index (Phi) is 3.96. The van der Waals surface area contributed by atoms with Crippen LogP contribution in [0.1, 0.15) is 41.7 Å². The molecule has 1 amide bonds. The van der Waals surface area contributed by atoms with Crippen molar-refractivity contribution in [1.82, 2.24) is 19.4 Å². The standard InChI is InChI=1S/C22H24N4O/c1-25-13-21(24-14-25)22(27)26-18-5-6-19(26)11-15(10-18)9-17-4-2-3-16-7-8-23-12-20(16)17/h2-4,7-8,12-15,18-19H,5-6,9-11H2,1H3. The van der Waals surface area contributed by atoms with E-state index in [0.29, 0.717) is 23.7 Å². The van der Waals surface area contributed by atoms with E-state index in [9.17, 15) is 4.79 Å². The zero-order valence-corrected chi connectivity index (χ0v) is 15.6. The Bertz CT molecular complexity index is 975. The molecule has 2 aromatic heterocycles. The maximum absolute atomic E-state index is 13.0. The second-order valence-corrected chi connectivity index (χ2v) is 8.08. The number of fused-ring (bicyclic) bond motifs is 3. The number of pyridine rings is 1. The normalized spacial score (nSPS) is 24.5. The number of piperidine rings is 1. The van der Waals surface area contributed by atoms with Crippen molar-refractivity contribution in [3.63, 3.8) is 0 Å². The molecule has 2 bridgehead atoms. The molecular formula is C22H24N4O. The molecule has 138 valence electrons. The van der Waals surface area contributed by atoms with Crippen molar-refractivity contribution in [1.29, 1.82) is 0 Å². The summed E-state index contributed by atoms with van der Waals surface area (Å²) in [6.07, 6.45) is 12.9. The van der Waals surface area contributed by atoms with Gasteiger partial charge >= 0.3 is 0 Å². The zero-order chi connectivity index (χ0) is 18.4. The van der Waals surface area contributed by atoms with E-state index in [4.69, 9.17) is 0 Å². The number of carbonyl (C=O) groups excluding carboxylic acids is 1. The zero-order valence-electron chi connectivity index (χ0n) is 15.6. The highest BCUT2D eigenvalue weighted by Crippen LogP contribution is 2.41. The molecule has 2 aliphatic rings. The number of aromatic nitrogens is 3. The van der Waals surface area contributed by atoms with Gasteiger partial charge in [0.05, 0.1) is 6.33 Å². The minimum Gasteiger partial charge on any atom is -0.340 e. The van der Waals surface area contributed by atoms with Gasteiger partial charge in [0.15, 0.2) is 0 Å². The minimum absolute atomic E-state index is 0.107. The molecule has 0 spiro atoms. The number of hydrogen-bond acceptors (Lipinski definition) is 3. The van der Waals surface area contributed by atoms with Crippen LogP contribution in [0.3, 0.4) is 0 Å². The molecule has 0 aliphatic carbocycles. The van der Waals surface area contributed by atoms with Crippen molar-refractivity contribution in [2.75, 3.05) is 0 Å². The number of benzene rings is 1. The highest BCUT2D eigenvalue weighted by atomic mass is 16.2. The molecule has 2 saturated heterocycles. The third-order valence-corrected chi connectivity index (χ3v) is 6.27. The molecule has 2 aliphatic heterocycles. The van der Waals surface area contributed by atoms with Crippen LogP contribution in [-0.2, 0) is 13.5 Å². The molecule has 3 aromatic rings. The van der Waals surface area contributed by atoms with Crippen LogP contribution in [0.2, 0.25) is 0 Å². The largest absolute Gasteiger partial charge is 0.340 e. The smallest absolute Gasteiger partial charge is 0.274 e. The fraction of sp³-hybridized carbons (Fsp3) is 0.409. The average Bonchev–Trinajstić information content (AvgIpc) is 3.23. The molecule has 5 rings (SSSR count). The predicted octanol–water partition coefficient (Wildman–Crippen LogP) is 3.59. The van der Waals surface area contributed by atoms with Crippen LogP contribution < -0.4 is 0 Å². The van der Waals surface area contributed by atoms with E-state index in [2.05, 4.69) is 39.1 Å². The Labute approximate surface area is 159 Å². The summed E-state index contributed by atoms with van der Waals surface area (Å²) in [6.45, 7) is 0. The van der Waals surface area contributed by atoms with Gasteiger partial charge < -0.3 is 9.47 Å². The van der Waals surface area contributed by atoms with Crippen LogP contribution in [0.5, 0.6) is 0 Å². The first-order chi connectivity index (χ1) is 13.2. The monoisotopic (exact) mass is 360 g/mol. The van der Waals surface area contributed by atoms with Crippen molar-refractivity contribution in [3.8, 4) is 0 Å². The van der Waals surface area contributed by atoms with Crippen molar-refractivity contribution in [2.45, 2.75) is 44.2 Å². The van der Waals surface area contributed by atoms with Crippen LogP contribution in [0, 0.1) is 5.92 Å². The lowest BCUT2D eigenvalue weighted by Gasteiger charge is -2.39. The lowest BCUT2D eigenvalue weighted by molar-refractivity contribution is 0.0519. The van der Waals surface area contributed by atoms with Gasteiger partial charge in [-0.15, -0.1) is 0 Å². The van der Waals surface area contributed by atoms with E-state index >= 15 is 0 Å². The summed E-state index contributed by atoms with van der Waals surface area (Å²) in [4.78, 5) is 23.7. The topological polar surface area (TPSA) is 51.0 Å². The van der Waals surface area contributed by atoms with Gasteiger partial charge in [-0.3, -0.25) is 9.78 Å². The number of carbonyl (C=O) groups is 1. The molecular weight excluding hydrogens is 336 g/mol. The summed E-state index contributed by atoms with van der Waals surface area (Å²) in [5.74, 6) is 0.733. The minimum atomic E-state index is 0.107. The summed E-state index contributed by atoms with van der Waals surface area (Å²) in [7, 11) is 1.91. The number of hydrogen-bond donors (Lipinski definition) is 0. The maximum atomic E-state index is 13.0. The third kappa shape index (κ3) is 2.91. The molecule has 27 heavy (non-hydrogen) atoms. The lowest BCUT2D eigenvalue weighted by Crippen LogP contribution is -2.47. The van der Waals surface area contributed by atoms with E-state index in [1.807, 2.05) is 30.2 Å². The first-order valence-corrected chi connectivity index (χ1v) is 9.81. The number of rotatable bonds is 3. The van der Waals surface area contributed by atoms with E-state index in [1.165, 1.54) is 16.3 Å². The van der Waals surface area contributed by atoms with Gasteiger partial charge in [0.25, 0.3) is 5.91 Å². The molecule has 5 nitrogen and oxygen atoms in total. The van der Waals surface area contributed by atoms with Gasteiger partial charge in [-0.05, 0) is 55.0 Å². The number of amides is 1. The van der Waals surface area contributed by atoms with Crippen molar-refractivity contribution in [2.24, 2.45) is 13.0 Å². The average molecular weight is 360 g/mol. The van der Waals surface area contributed by atoms with E-state index in [-0.39, 0.29) is 5.91 Å². The quantitative estimate of drug-likeness (QED) is 0.717. The summed E-state index contributed by atoms with van der Waals surface area (Å²) in [6, 6.07) is 9.32. The summed E-state index contributed by atoms with van der Waals surface area (Å²) >= 11 is 0. The van der Waals surface area contributed by atoms with E-state index in [0.717, 1.165) is 32.1 Å². The van der Waals surface area contributed by atoms with Gasteiger partial charge in [-0.25, -0.2) is 4.98 Å². The SMILES string of the molecule is Cn1cnc(C(=O)N2C3CCC2CC(Cc2cccc4ccncc24)C3)c1. The molecule has 5 heteroatoms. The van der Waals surface area contributed by atoms with Crippen LogP contribution in [0.25, 0.3) is 10.8 Å². The molecule has 0 radical (unpaired) electrons.